The second-order valence-corrected chi connectivity index (χ2v) is 5.16. The number of likely N-dealkylation sites (N-methyl/N-ethyl adjacent to an activating group) is 1. The first-order valence-electron chi connectivity index (χ1n) is 6.56. The molecule has 0 saturated heterocycles. The minimum atomic E-state index is 0.475. The van der Waals surface area contributed by atoms with E-state index in [1.807, 2.05) is 25.2 Å². The van der Waals surface area contributed by atoms with Gasteiger partial charge >= 0.3 is 0 Å². The van der Waals surface area contributed by atoms with Crippen molar-refractivity contribution in [2.75, 3.05) is 7.05 Å². The van der Waals surface area contributed by atoms with Crippen molar-refractivity contribution >= 4 is 10.9 Å². The zero-order valence-electron chi connectivity index (χ0n) is 11.4. The molecular weight excluding hydrogens is 222 g/mol. The molecule has 0 radical (unpaired) electrons. The molecule has 1 aromatic carbocycles. The quantitative estimate of drug-likeness (QED) is 0.877. The first-order valence-corrected chi connectivity index (χ1v) is 6.56. The molecule has 0 spiro atoms. The van der Waals surface area contributed by atoms with E-state index in [0.717, 1.165) is 24.1 Å². The van der Waals surface area contributed by atoms with E-state index in [1.165, 1.54) is 5.39 Å². The van der Waals surface area contributed by atoms with Crippen molar-refractivity contribution in [3.8, 4) is 0 Å². The van der Waals surface area contributed by atoms with Gasteiger partial charge in [0, 0.05) is 17.8 Å². The first kappa shape index (κ1) is 13.0. The lowest BCUT2D eigenvalue weighted by Crippen LogP contribution is -2.29. The van der Waals surface area contributed by atoms with Gasteiger partial charge in [-0.05, 0) is 25.5 Å². The van der Waals surface area contributed by atoms with Crippen molar-refractivity contribution in [3.63, 3.8) is 0 Å². The molecule has 96 valence electrons. The lowest BCUT2D eigenvalue weighted by Gasteiger charge is -2.18. The van der Waals surface area contributed by atoms with Crippen LogP contribution >= 0.6 is 0 Å². The predicted molar refractivity (Wildman–Crippen MR) is 75.5 cm³/mol. The van der Waals surface area contributed by atoms with Crippen LogP contribution in [-0.2, 0) is 6.42 Å². The van der Waals surface area contributed by atoms with Crippen LogP contribution in [0.1, 0.15) is 26.0 Å². The molecule has 1 aromatic heterocycles. The van der Waals surface area contributed by atoms with Gasteiger partial charge in [0.1, 0.15) is 6.33 Å². The first-order chi connectivity index (χ1) is 8.70. The third kappa shape index (κ3) is 3.05. The molecule has 0 fully saturated rings. The fraction of sp³-hybridized carbons (Fsp3) is 0.467. The summed E-state index contributed by atoms with van der Waals surface area (Å²) in [7, 11) is 2.02. The number of rotatable bonds is 5. The zero-order chi connectivity index (χ0) is 13.0. The van der Waals surface area contributed by atoms with E-state index in [4.69, 9.17) is 0 Å². The van der Waals surface area contributed by atoms with Gasteiger partial charge in [-0.1, -0.05) is 32.0 Å². The molecular formula is C15H21N3. The maximum Gasteiger partial charge on any atom is 0.116 e. The Morgan fingerprint density at radius 1 is 1.17 bits per heavy atom. The van der Waals surface area contributed by atoms with E-state index in [-0.39, 0.29) is 0 Å². The Morgan fingerprint density at radius 3 is 2.67 bits per heavy atom. The number of fused-ring (bicyclic) bond motifs is 1. The summed E-state index contributed by atoms with van der Waals surface area (Å²) < 4.78 is 0. The number of nitrogens with one attached hydrogen (secondary N) is 1. The molecule has 0 saturated carbocycles. The molecule has 3 heteroatoms. The minimum absolute atomic E-state index is 0.475. The van der Waals surface area contributed by atoms with E-state index < -0.39 is 0 Å². The maximum absolute atomic E-state index is 4.45. The number of aromatic nitrogens is 2. The van der Waals surface area contributed by atoms with Crippen LogP contribution in [0.2, 0.25) is 0 Å². The molecule has 1 unspecified atom stereocenters. The van der Waals surface area contributed by atoms with Gasteiger partial charge in [-0.3, -0.25) is 0 Å². The van der Waals surface area contributed by atoms with Crippen LogP contribution in [0.3, 0.4) is 0 Å². The molecule has 1 N–H and O–H groups in total. The summed E-state index contributed by atoms with van der Waals surface area (Å²) >= 11 is 0. The topological polar surface area (TPSA) is 37.8 Å². The highest BCUT2D eigenvalue weighted by atomic mass is 14.9. The van der Waals surface area contributed by atoms with Crippen LogP contribution < -0.4 is 5.32 Å². The van der Waals surface area contributed by atoms with E-state index in [2.05, 4.69) is 35.2 Å². The standard InChI is InChI=1S/C15H21N3/c1-11(2)8-12(16-3)9-15-13-6-4-5-7-14(13)17-10-18-15/h4-7,10-12,16H,8-9H2,1-3H3. The molecule has 2 aromatic rings. The number of hydrogen-bond acceptors (Lipinski definition) is 3. The van der Waals surface area contributed by atoms with Crippen LogP contribution in [0.25, 0.3) is 10.9 Å². The van der Waals surface area contributed by atoms with Gasteiger partial charge in [0.2, 0.25) is 0 Å². The van der Waals surface area contributed by atoms with E-state index in [1.54, 1.807) is 6.33 Å². The van der Waals surface area contributed by atoms with Gasteiger partial charge in [0.25, 0.3) is 0 Å². The summed E-state index contributed by atoms with van der Waals surface area (Å²) in [6, 6.07) is 8.68. The summed E-state index contributed by atoms with van der Waals surface area (Å²) in [5.41, 5.74) is 2.17. The number of benzene rings is 1. The SMILES string of the molecule is CNC(Cc1ncnc2ccccc12)CC(C)C. The van der Waals surface area contributed by atoms with Gasteiger partial charge in [-0.15, -0.1) is 0 Å². The van der Waals surface area contributed by atoms with Gasteiger partial charge in [-0.2, -0.15) is 0 Å². The highest BCUT2D eigenvalue weighted by Crippen LogP contribution is 2.17. The highest BCUT2D eigenvalue weighted by molar-refractivity contribution is 5.80. The molecule has 2 rings (SSSR count). The molecule has 0 aliphatic carbocycles. The summed E-state index contributed by atoms with van der Waals surface area (Å²) in [4.78, 5) is 8.76. The number of nitrogens with zero attached hydrogens (tertiary/aromatic N) is 2. The van der Waals surface area contributed by atoms with E-state index >= 15 is 0 Å². The van der Waals surface area contributed by atoms with Gasteiger partial charge < -0.3 is 5.32 Å². The fourth-order valence-electron chi connectivity index (χ4n) is 2.33. The van der Waals surface area contributed by atoms with Crippen LogP contribution in [0.15, 0.2) is 30.6 Å². The van der Waals surface area contributed by atoms with E-state index in [9.17, 15) is 0 Å². The van der Waals surface area contributed by atoms with Crippen molar-refractivity contribution in [2.45, 2.75) is 32.7 Å². The van der Waals surface area contributed by atoms with Crippen LogP contribution in [0, 0.1) is 5.92 Å². The summed E-state index contributed by atoms with van der Waals surface area (Å²) in [5, 5.41) is 4.56. The normalized spacial score (nSPS) is 13.1. The smallest absolute Gasteiger partial charge is 0.116 e. The van der Waals surface area contributed by atoms with E-state index in [0.29, 0.717) is 12.0 Å². The van der Waals surface area contributed by atoms with Crippen molar-refractivity contribution in [2.24, 2.45) is 5.92 Å². The summed E-state index contributed by atoms with van der Waals surface area (Å²) in [6.45, 7) is 4.50. The Balaban J connectivity index is 2.25. The van der Waals surface area contributed by atoms with Crippen molar-refractivity contribution in [1.82, 2.24) is 15.3 Å². The Kier molecular flexibility index (Phi) is 4.26. The second-order valence-electron chi connectivity index (χ2n) is 5.16. The van der Waals surface area contributed by atoms with Gasteiger partial charge in [0.05, 0.1) is 11.2 Å². The van der Waals surface area contributed by atoms with Crippen LogP contribution in [0.5, 0.6) is 0 Å². The molecule has 0 aliphatic rings. The predicted octanol–water partition coefficient (Wildman–Crippen LogP) is 2.81. The Bertz CT molecular complexity index is 503. The largest absolute Gasteiger partial charge is 0.317 e. The molecule has 0 amide bonds. The van der Waals surface area contributed by atoms with Crippen molar-refractivity contribution in [3.05, 3.63) is 36.3 Å². The van der Waals surface area contributed by atoms with Crippen LogP contribution in [-0.4, -0.2) is 23.1 Å². The average Bonchev–Trinajstić information content (AvgIpc) is 2.38. The fourth-order valence-corrected chi connectivity index (χ4v) is 2.33. The molecule has 0 bridgehead atoms. The third-order valence-corrected chi connectivity index (χ3v) is 3.23. The monoisotopic (exact) mass is 243 g/mol. The van der Waals surface area contributed by atoms with Crippen molar-refractivity contribution < 1.29 is 0 Å². The third-order valence-electron chi connectivity index (χ3n) is 3.23. The zero-order valence-corrected chi connectivity index (χ0v) is 11.4. The summed E-state index contributed by atoms with van der Waals surface area (Å²) in [6.07, 6.45) is 3.78. The number of hydrogen-bond donors (Lipinski definition) is 1. The van der Waals surface area contributed by atoms with Gasteiger partial charge in [-0.25, -0.2) is 9.97 Å². The molecule has 3 nitrogen and oxygen atoms in total. The Labute approximate surface area is 109 Å². The van der Waals surface area contributed by atoms with Crippen LogP contribution in [0.4, 0.5) is 0 Å². The highest BCUT2D eigenvalue weighted by Gasteiger charge is 2.12. The lowest BCUT2D eigenvalue weighted by atomic mass is 9.98. The average molecular weight is 243 g/mol. The van der Waals surface area contributed by atoms with Gasteiger partial charge in [0.15, 0.2) is 0 Å². The Morgan fingerprint density at radius 2 is 1.94 bits per heavy atom. The Hall–Kier alpha value is -1.48. The number of para-hydroxylation sites is 1. The minimum Gasteiger partial charge on any atom is -0.317 e. The maximum atomic E-state index is 4.45. The summed E-state index contributed by atoms with van der Waals surface area (Å²) in [5.74, 6) is 0.690. The lowest BCUT2D eigenvalue weighted by molar-refractivity contribution is 0.439. The molecule has 1 heterocycles. The molecule has 18 heavy (non-hydrogen) atoms. The molecule has 1 atom stereocenters. The molecule has 0 aliphatic heterocycles. The van der Waals surface area contributed by atoms with Crippen molar-refractivity contribution in [1.29, 1.82) is 0 Å². The second kappa shape index (κ2) is 5.91.